The lowest BCUT2D eigenvalue weighted by Gasteiger charge is -2.46. The summed E-state index contributed by atoms with van der Waals surface area (Å²) >= 11 is 1.98. The first kappa shape index (κ1) is 12.7. The zero-order valence-electron chi connectivity index (χ0n) is 11.0. The van der Waals surface area contributed by atoms with E-state index in [9.17, 15) is 0 Å². The molecule has 1 saturated carbocycles. The van der Waals surface area contributed by atoms with E-state index in [0.717, 1.165) is 12.0 Å². The molecular formula is C13H26N2S. The van der Waals surface area contributed by atoms with Gasteiger partial charge >= 0.3 is 0 Å². The molecule has 1 aliphatic carbocycles. The summed E-state index contributed by atoms with van der Waals surface area (Å²) in [6, 6.07) is 0.826. The van der Waals surface area contributed by atoms with Gasteiger partial charge in [0.15, 0.2) is 0 Å². The van der Waals surface area contributed by atoms with Crippen LogP contribution in [0.4, 0.5) is 0 Å². The molecular weight excluding hydrogens is 216 g/mol. The van der Waals surface area contributed by atoms with E-state index >= 15 is 0 Å². The zero-order valence-corrected chi connectivity index (χ0v) is 11.8. The van der Waals surface area contributed by atoms with Crippen molar-refractivity contribution in [1.82, 2.24) is 10.2 Å². The Morgan fingerprint density at radius 3 is 2.75 bits per heavy atom. The minimum atomic E-state index is 0.351. The number of rotatable bonds is 5. The number of nitrogens with zero attached hydrogens (tertiary/aromatic N) is 1. The third-order valence-corrected chi connectivity index (χ3v) is 4.88. The van der Waals surface area contributed by atoms with E-state index in [2.05, 4.69) is 30.3 Å². The highest BCUT2D eigenvalue weighted by Crippen LogP contribution is 2.37. The minimum Gasteiger partial charge on any atom is -0.309 e. The van der Waals surface area contributed by atoms with Gasteiger partial charge in [0.2, 0.25) is 0 Å². The van der Waals surface area contributed by atoms with Gasteiger partial charge < -0.3 is 5.32 Å². The minimum absolute atomic E-state index is 0.351. The van der Waals surface area contributed by atoms with Crippen molar-refractivity contribution >= 4 is 11.8 Å². The normalized spacial score (nSPS) is 36.6. The Balaban J connectivity index is 1.94. The molecule has 2 rings (SSSR count). The van der Waals surface area contributed by atoms with Gasteiger partial charge in [-0.25, -0.2) is 0 Å². The summed E-state index contributed by atoms with van der Waals surface area (Å²) in [5, 5.41) is 3.77. The number of piperazine rings is 1. The maximum absolute atomic E-state index is 3.77. The van der Waals surface area contributed by atoms with Gasteiger partial charge in [0.1, 0.15) is 0 Å². The van der Waals surface area contributed by atoms with Crippen molar-refractivity contribution < 1.29 is 0 Å². The molecule has 0 amide bonds. The second-order valence-electron chi connectivity index (χ2n) is 5.66. The first-order valence-electron chi connectivity index (χ1n) is 6.66. The van der Waals surface area contributed by atoms with E-state index in [-0.39, 0.29) is 0 Å². The van der Waals surface area contributed by atoms with Crippen LogP contribution in [0.2, 0.25) is 0 Å². The molecule has 0 spiro atoms. The van der Waals surface area contributed by atoms with Gasteiger partial charge in [-0.3, -0.25) is 4.90 Å². The van der Waals surface area contributed by atoms with Crippen molar-refractivity contribution in [3.63, 3.8) is 0 Å². The third kappa shape index (κ3) is 2.93. The average molecular weight is 242 g/mol. The van der Waals surface area contributed by atoms with Gasteiger partial charge in [0, 0.05) is 37.0 Å². The number of hydrogen-bond acceptors (Lipinski definition) is 3. The summed E-state index contributed by atoms with van der Waals surface area (Å²) in [6.45, 7) is 8.41. The molecule has 1 heterocycles. The first-order valence-corrected chi connectivity index (χ1v) is 8.06. The molecule has 0 aromatic rings. The summed E-state index contributed by atoms with van der Waals surface area (Å²) in [5.74, 6) is 2.28. The molecule has 2 atom stereocenters. The molecule has 3 heteroatoms. The van der Waals surface area contributed by atoms with E-state index in [0.29, 0.717) is 5.54 Å². The Morgan fingerprint density at radius 2 is 2.19 bits per heavy atom. The fraction of sp³-hybridized carbons (Fsp3) is 1.00. The molecule has 1 aliphatic heterocycles. The summed E-state index contributed by atoms with van der Waals surface area (Å²) in [7, 11) is 0. The topological polar surface area (TPSA) is 15.3 Å². The molecule has 1 N–H and O–H groups in total. The maximum Gasteiger partial charge on any atom is 0.0278 e. The smallest absolute Gasteiger partial charge is 0.0278 e. The van der Waals surface area contributed by atoms with Crippen LogP contribution in [0.25, 0.3) is 0 Å². The van der Waals surface area contributed by atoms with Crippen LogP contribution >= 0.6 is 11.8 Å². The predicted molar refractivity (Wildman–Crippen MR) is 73.2 cm³/mol. The van der Waals surface area contributed by atoms with Crippen LogP contribution in [-0.4, -0.2) is 48.1 Å². The van der Waals surface area contributed by atoms with Gasteiger partial charge in [0.05, 0.1) is 0 Å². The monoisotopic (exact) mass is 242 g/mol. The quantitative estimate of drug-likeness (QED) is 0.796. The highest BCUT2D eigenvalue weighted by Gasteiger charge is 2.41. The zero-order chi connectivity index (χ0) is 11.6. The first-order chi connectivity index (χ1) is 7.68. The lowest BCUT2D eigenvalue weighted by atomic mass is 9.92. The van der Waals surface area contributed by atoms with E-state index < -0.39 is 0 Å². The maximum atomic E-state index is 3.77. The summed E-state index contributed by atoms with van der Waals surface area (Å²) in [6.07, 6.45) is 6.38. The third-order valence-electron chi connectivity index (χ3n) is 4.29. The van der Waals surface area contributed by atoms with E-state index in [1.165, 1.54) is 44.6 Å². The Morgan fingerprint density at radius 1 is 1.44 bits per heavy atom. The van der Waals surface area contributed by atoms with Crippen LogP contribution < -0.4 is 5.32 Å². The second kappa shape index (κ2) is 5.28. The molecule has 2 unspecified atom stereocenters. The number of thioether (sulfide) groups is 1. The van der Waals surface area contributed by atoms with Crippen molar-refractivity contribution in [2.75, 3.05) is 31.6 Å². The van der Waals surface area contributed by atoms with Crippen molar-refractivity contribution in [3.05, 3.63) is 0 Å². The molecule has 0 radical (unpaired) electrons. The summed E-state index contributed by atoms with van der Waals surface area (Å²) in [4.78, 5) is 2.76. The Labute approximate surface area is 105 Å². The van der Waals surface area contributed by atoms with Crippen LogP contribution in [-0.2, 0) is 0 Å². The number of hydrogen-bond donors (Lipinski definition) is 1. The van der Waals surface area contributed by atoms with Crippen LogP contribution in [0.3, 0.4) is 0 Å². The molecule has 0 bridgehead atoms. The summed E-state index contributed by atoms with van der Waals surface area (Å²) < 4.78 is 0. The fourth-order valence-electron chi connectivity index (χ4n) is 2.74. The van der Waals surface area contributed by atoms with Crippen LogP contribution in [0.1, 0.15) is 33.1 Å². The van der Waals surface area contributed by atoms with E-state index in [1.807, 2.05) is 11.8 Å². The Hall–Kier alpha value is 0.270. The molecule has 1 saturated heterocycles. The van der Waals surface area contributed by atoms with Crippen LogP contribution in [0.5, 0.6) is 0 Å². The van der Waals surface area contributed by atoms with E-state index in [1.54, 1.807) is 0 Å². The SMILES string of the molecule is CCC1(C)CN(CCSC)C(C2CC2)CN1. The van der Waals surface area contributed by atoms with Crippen molar-refractivity contribution in [2.24, 2.45) is 5.92 Å². The van der Waals surface area contributed by atoms with Crippen LogP contribution in [0.15, 0.2) is 0 Å². The summed E-state index contributed by atoms with van der Waals surface area (Å²) in [5.41, 5.74) is 0.351. The highest BCUT2D eigenvalue weighted by atomic mass is 32.2. The molecule has 0 aromatic heterocycles. The lowest BCUT2D eigenvalue weighted by molar-refractivity contribution is 0.0789. The molecule has 0 aromatic carbocycles. The molecule has 2 fully saturated rings. The van der Waals surface area contributed by atoms with E-state index in [4.69, 9.17) is 0 Å². The average Bonchev–Trinajstić information content (AvgIpc) is 3.10. The van der Waals surface area contributed by atoms with Crippen LogP contribution in [0, 0.1) is 5.92 Å². The predicted octanol–water partition coefficient (Wildman–Crippen LogP) is 2.20. The Kier molecular flexibility index (Phi) is 4.20. The molecule has 94 valence electrons. The van der Waals surface area contributed by atoms with Gasteiger partial charge in [0.25, 0.3) is 0 Å². The fourth-order valence-corrected chi connectivity index (χ4v) is 3.15. The van der Waals surface area contributed by atoms with Gasteiger partial charge in [-0.1, -0.05) is 6.92 Å². The molecule has 2 aliphatic rings. The van der Waals surface area contributed by atoms with Gasteiger partial charge in [-0.2, -0.15) is 11.8 Å². The molecule has 16 heavy (non-hydrogen) atoms. The largest absolute Gasteiger partial charge is 0.309 e. The van der Waals surface area contributed by atoms with Gasteiger partial charge in [-0.05, 0) is 38.4 Å². The molecule has 2 nitrogen and oxygen atoms in total. The van der Waals surface area contributed by atoms with Crippen molar-refractivity contribution in [3.8, 4) is 0 Å². The van der Waals surface area contributed by atoms with Crippen molar-refractivity contribution in [1.29, 1.82) is 0 Å². The highest BCUT2D eigenvalue weighted by molar-refractivity contribution is 7.98. The number of nitrogens with one attached hydrogen (secondary N) is 1. The Bertz CT molecular complexity index is 230. The van der Waals surface area contributed by atoms with Crippen molar-refractivity contribution in [2.45, 2.75) is 44.7 Å². The second-order valence-corrected chi connectivity index (χ2v) is 6.65. The lowest BCUT2D eigenvalue weighted by Crippen LogP contribution is -2.63. The van der Waals surface area contributed by atoms with Gasteiger partial charge in [-0.15, -0.1) is 0 Å². The standard InChI is InChI=1S/C13H26N2S/c1-4-13(2)10-15(7-8-16-3)12(9-14-13)11-5-6-11/h11-12,14H,4-10H2,1-3H3.